The molecule has 0 unspecified atom stereocenters. The molecule has 10 heteroatoms. The zero-order chi connectivity index (χ0) is 22.1. The molecule has 0 aliphatic heterocycles. The lowest BCUT2D eigenvalue weighted by atomic mass is 10.1. The summed E-state index contributed by atoms with van der Waals surface area (Å²) in [7, 11) is 0. The highest BCUT2D eigenvalue weighted by atomic mass is 32.1. The average Bonchev–Trinajstić information content (AvgIpc) is 3.25. The maximum absolute atomic E-state index is 14.5. The number of H-pyrrole nitrogens is 1. The number of hydrogen-bond donors (Lipinski definition) is 3. The predicted octanol–water partition coefficient (Wildman–Crippen LogP) is 3.48. The second-order valence-corrected chi connectivity index (χ2v) is 8.00. The molecule has 5 aromatic rings. The van der Waals surface area contributed by atoms with Gasteiger partial charge in [0.1, 0.15) is 5.82 Å². The quantitative estimate of drug-likeness (QED) is 0.260. The van der Waals surface area contributed by atoms with E-state index in [0.717, 1.165) is 26.9 Å². The fourth-order valence-electron chi connectivity index (χ4n) is 3.42. The number of aliphatic hydroxyl groups is 1. The number of halogens is 1. The van der Waals surface area contributed by atoms with Gasteiger partial charge in [-0.2, -0.15) is 0 Å². The highest BCUT2D eigenvalue weighted by molar-refractivity contribution is 7.16. The van der Waals surface area contributed by atoms with Crippen molar-refractivity contribution in [3.8, 4) is 11.3 Å². The molecule has 0 bridgehead atoms. The van der Waals surface area contributed by atoms with E-state index in [1.54, 1.807) is 23.5 Å². The lowest BCUT2D eigenvalue weighted by Gasteiger charge is -2.17. The summed E-state index contributed by atoms with van der Waals surface area (Å²) in [6.07, 6.45) is 0. The first-order valence-electron chi connectivity index (χ1n) is 9.82. The minimum absolute atomic E-state index is 0.0763. The van der Waals surface area contributed by atoms with Crippen molar-refractivity contribution in [1.82, 2.24) is 25.2 Å². The Balaban J connectivity index is 1.38. The molecule has 162 valence electrons. The number of pyridine rings is 1. The van der Waals surface area contributed by atoms with Crippen molar-refractivity contribution >= 4 is 38.6 Å². The Morgan fingerprint density at radius 2 is 2.12 bits per heavy atom. The van der Waals surface area contributed by atoms with Gasteiger partial charge in [0.05, 0.1) is 52.3 Å². The summed E-state index contributed by atoms with van der Waals surface area (Å²) < 4.78 is 17.6. The molecule has 32 heavy (non-hydrogen) atoms. The van der Waals surface area contributed by atoms with Gasteiger partial charge in [0, 0.05) is 5.56 Å². The monoisotopic (exact) mass is 451 g/mol. The van der Waals surface area contributed by atoms with Gasteiger partial charge in [0.25, 0.3) is 5.91 Å². The Bertz CT molecular complexity index is 1420. The van der Waals surface area contributed by atoms with E-state index < -0.39 is 11.7 Å². The molecule has 0 saturated heterocycles. The van der Waals surface area contributed by atoms with E-state index in [0.29, 0.717) is 17.8 Å². The minimum atomic E-state index is -0.721. The van der Waals surface area contributed by atoms with Crippen molar-refractivity contribution < 1.29 is 19.1 Å². The maximum atomic E-state index is 14.5. The molecule has 0 fully saturated rings. The van der Waals surface area contributed by atoms with E-state index in [4.69, 9.17) is 9.94 Å². The number of hydroxylamine groups is 1. The molecule has 1 amide bonds. The lowest BCUT2D eigenvalue weighted by molar-refractivity contribution is 0.0165. The van der Waals surface area contributed by atoms with Crippen LogP contribution in [0.4, 0.5) is 4.39 Å². The normalized spacial score (nSPS) is 11.4. The lowest BCUT2D eigenvalue weighted by Crippen LogP contribution is -2.26. The number of fused-ring (bicyclic) bond motifs is 2. The molecule has 5 rings (SSSR count). The maximum Gasteiger partial charge on any atom is 0.277 e. The number of aromatic amines is 1. The Hall–Kier alpha value is -3.60. The van der Waals surface area contributed by atoms with Crippen LogP contribution in [0.2, 0.25) is 0 Å². The van der Waals surface area contributed by atoms with Gasteiger partial charge in [-0.15, -0.1) is 11.3 Å². The average molecular weight is 451 g/mol. The van der Waals surface area contributed by atoms with Gasteiger partial charge in [-0.1, -0.05) is 12.1 Å². The molecule has 3 aromatic heterocycles. The number of nitrogens with one attached hydrogen (secondary N) is 2. The molecule has 0 aliphatic carbocycles. The summed E-state index contributed by atoms with van der Waals surface area (Å²) in [6.45, 7) is 0.295. The van der Waals surface area contributed by atoms with Crippen LogP contribution in [-0.2, 0) is 11.4 Å². The van der Waals surface area contributed by atoms with Crippen LogP contribution in [0, 0.1) is 5.82 Å². The Morgan fingerprint density at radius 3 is 2.97 bits per heavy atom. The van der Waals surface area contributed by atoms with Gasteiger partial charge in [0.2, 0.25) is 0 Å². The van der Waals surface area contributed by atoms with E-state index in [-0.39, 0.29) is 18.8 Å². The van der Waals surface area contributed by atoms with Gasteiger partial charge in [-0.3, -0.25) is 19.4 Å². The number of hydrogen-bond acceptors (Lipinski definition) is 6. The van der Waals surface area contributed by atoms with Crippen LogP contribution in [0.3, 0.4) is 0 Å². The van der Waals surface area contributed by atoms with Gasteiger partial charge in [-0.25, -0.2) is 19.8 Å². The largest absolute Gasteiger partial charge is 0.394 e. The highest BCUT2D eigenvalue weighted by Gasteiger charge is 2.15. The molecule has 0 aliphatic rings. The molecular weight excluding hydrogens is 433 g/mol. The van der Waals surface area contributed by atoms with Crippen molar-refractivity contribution in [1.29, 1.82) is 0 Å². The SMILES string of the molecule is O=C(NOCCO)c1ccc(-c2ccc3[nH]n(Cc4ccc5ncsc5c4)c3n2)cc1F. The standard InChI is InChI=1S/C22H18FN5O3S/c23-16-10-14(2-3-15(16)22(30)27-31-8-7-29)17-5-6-19-21(25-17)28(26-19)11-13-1-4-18-20(9-13)32-12-24-18/h1-6,9-10,12,26,29H,7-8,11H2,(H,27,30). The molecule has 2 aromatic carbocycles. The van der Waals surface area contributed by atoms with Gasteiger partial charge in [0.15, 0.2) is 5.65 Å². The van der Waals surface area contributed by atoms with E-state index in [9.17, 15) is 9.18 Å². The van der Waals surface area contributed by atoms with Crippen LogP contribution < -0.4 is 5.48 Å². The molecule has 0 atom stereocenters. The third-order valence-corrected chi connectivity index (χ3v) is 5.78. The summed E-state index contributed by atoms with van der Waals surface area (Å²) >= 11 is 1.60. The first kappa shape index (κ1) is 20.3. The fourth-order valence-corrected chi connectivity index (χ4v) is 4.16. The molecule has 8 nitrogen and oxygen atoms in total. The number of amides is 1. The highest BCUT2D eigenvalue weighted by Crippen LogP contribution is 2.25. The van der Waals surface area contributed by atoms with Crippen molar-refractivity contribution in [2.45, 2.75) is 6.54 Å². The summed E-state index contributed by atoms with van der Waals surface area (Å²) in [5, 5.41) is 11.9. The first-order valence-corrected chi connectivity index (χ1v) is 10.7. The molecule has 0 saturated carbocycles. The minimum Gasteiger partial charge on any atom is -0.394 e. The van der Waals surface area contributed by atoms with Crippen LogP contribution in [0.1, 0.15) is 15.9 Å². The van der Waals surface area contributed by atoms with Crippen LogP contribution in [-0.4, -0.2) is 44.0 Å². The Kier molecular flexibility index (Phi) is 5.39. The number of nitrogens with zero attached hydrogens (tertiary/aromatic N) is 3. The molecule has 3 N–H and O–H groups in total. The van der Waals surface area contributed by atoms with Gasteiger partial charge in [-0.05, 0) is 42.0 Å². The number of carbonyl (C=O) groups is 1. The van der Waals surface area contributed by atoms with Crippen molar-refractivity contribution in [3.63, 3.8) is 0 Å². The number of thiazole rings is 1. The van der Waals surface area contributed by atoms with E-state index in [1.807, 2.05) is 28.4 Å². The predicted molar refractivity (Wildman–Crippen MR) is 119 cm³/mol. The van der Waals surface area contributed by atoms with E-state index in [2.05, 4.69) is 26.6 Å². The summed E-state index contributed by atoms with van der Waals surface area (Å²) in [6, 6.07) is 14.1. The van der Waals surface area contributed by atoms with Crippen LogP contribution >= 0.6 is 11.3 Å². The zero-order valence-electron chi connectivity index (χ0n) is 16.7. The summed E-state index contributed by atoms with van der Waals surface area (Å²) in [5.41, 5.74) is 8.68. The van der Waals surface area contributed by atoms with Crippen molar-refractivity contribution in [2.24, 2.45) is 0 Å². The molecule has 3 heterocycles. The van der Waals surface area contributed by atoms with Gasteiger partial charge >= 0.3 is 0 Å². The first-order chi connectivity index (χ1) is 15.6. The second kappa shape index (κ2) is 8.50. The van der Waals surface area contributed by atoms with E-state index in [1.165, 1.54) is 12.1 Å². The number of aromatic nitrogens is 4. The van der Waals surface area contributed by atoms with Crippen molar-refractivity contribution in [2.75, 3.05) is 13.2 Å². The van der Waals surface area contributed by atoms with Crippen molar-refractivity contribution in [3.05, 3.63) is 71.0 Å². The molecular formula is C22H18FN5O3S. The second-order valence-electron chi connectivity index (χ2n) is 7.12. The number of rotatable bonds is 7. The smallest absolute Gasteiger partial charge is 0.277 e. The molecule has 0 radical (unpaired) electrons. The third kappa shape index (κ3) is 3.86. The van der Waals surface area contributed by atoms with E-state index >= 15 is 0 Å². The zero-order valence-corrected chi connectivity index (χ0v) is 17.5. The van der Waals surface area contributed by atoms with Crippen LogP contribution in [0.5, 0.6) is 0 Å². The fraction of sp³-hybridized carbons (Fsp3) is 0.136. The Labute approximate surface area is 185 Å². The topological polar surface area (TPSA) is 105 Å². The Morgan fingerprint density at radius 1 is 1.22 bits per heavy atom. The van der Waals surface area contributed by atoms with Crippen LogP contribution in [0.25, 0.3) is 32.6 Å². The molecule has 0 spiro atoms. The summed E-state index contributed by atoms with van der Waals surface area (Å²) in [4.78, 5) is 25.7. The number of benzene rings is 2. The third-order valence-electron chi connectivity index (χ3n) is 4.99. The summed E-state index contributed by atoms with van der Waals surface area (Å²) in [5.74, 6) is -1.41. The number of aliphatic hydroxyl groups excluding tert-OH is 1. The van der Waals surface area contributed by atoms with Gasteiger partial charge < -0.3 is 5.11 Å². The van der Waals surface area contributed by atoms with Crippen LogP contribution in [0.15, 0.2) is 54.0 Å². The number of carbonyl (C=O) groups excluding carboxylic acids is 1.